The van der Waals surface area contributed by atoms with Crippen LogP contribution in [-0.4, -0.2) is 23.9 Å². The second-order valence-electron chi connectivity index (χ2n) is 2.40. The molecular weight excluding hydrogens is 148 g/mol. The molecule has 11 heavy (non-hydrogen) atoms. The van der Waals surface area contributed by atoms with Crippen molar-refractivity contribution in [1.82, 2.24) is 0 Å². The molecule has 0 aromatic rings. The zero-order valence-corrected chi connectivity index (χ0v) is 6.88. The van der Waals surface area contributed by atoms with Crippen molar-refractivity contribution >= 4 is 5.97 Å². The van der Waals surface area contributed by atoms with Gasteiger partial charge < -0.3 is 4.74 Å². The Labute approximate surface area is 65.4 Å². The molecular formula is C7H12O4. The van der Waals surface area contributed by atoms with Crippen molar-refractivity contribution in [3.8, 4) is 0 Å². The number of methoxy groups -OCH3 is 1. The van der Waals surface area contributed by atoms with Crippen molar-refractivity contribution in [3.05, 3.63) is 12.2 Å². The molecule has 0 heterocycles. The van der Waals surface area contributed by atoms with E-state index >= 15 is 0 Å². The molecule has 0 fully saturated rings. The normalized spacial score (nSPS) is 15.3. The molecule has 1 N–H and O–H groups in total. The molecule has 1 atom stereocenters. The monoisotopic (exact) mass is 160 g/mol. The summed E-state index contributed by atoms with van der Waals surface area (Å²) >= 11 is 0. The van der Waals surface area contributed by atoms with Crippen LogP contribution in [-0.2, 0) is 14.4 Å². The van der Waals surface area contributed by atoms with Gasteiger partial charge in [0.2, 0.25) is 5.60 Å². The Bertz CT molecular complexity index is 175. The molecule has 0 aliphatic carbocycles. The molecule has 0 aromatic heterocycles. The summed E-state index contributed by atoms with van der Waals surface area (Å²) in [5.41, 5.74) is -1.07. The smallest absolute Gasteiger partial charge is 0.345 e. The third kappa shape index (κ3) is 1.78. The molecule has 0 aliphatic rings. The second-order valence-corrected chi connectivity index (χ2v) is 2.40. The zero-order valence-electron chi connectivity index (χ0n) is 6.88. The molecule has 0 saturated heterocycles. The van der Waals surface area contributed by atoms with E-state index in [1.807, 2.05) is 0 Å². The molecule has 0 spiro atoms. The maximum absolute atomic E-state index is 10.9. The summed E-state index contributed by atoms with van der Waals surface area (Å²) in [5.74, 6) is -0.674. The third-order valence-electron chi connectivity index (χ3n) is 1.57. The lowest BCUT2D eigenvalue weighted by atomic mass is 9.99. The largest absolute Gasteiger partial charge is 0.467 e. The van der Waals surface area contributed by atoms with E-state index in [-0.39, 0.29) is 0 Å². The third-order valence-corrected chi connectivity index (χ3v) is 1.57. The van der Waals surface area contributed by atoms with Crippen LogP contribution in [0.15, 0.2) is 12.2 Å². The number of carbonyl (C=O) groups is 1. The number of ether oxygens (including phenoxy) is 1. The maximum atomic E-state index is 10.9. The first-order chi connectivity index (χ1) is 4.99. The van der Waals surface area contributed by atoms with Gasteiger partial charge in [-0.25, -0.2) is 9.68 Å². The van der Waals surface area contributed by atoms with Crippen LogP contribution in [0, 0.1) is 0 Å². The molecule has 4 heteroatoms. The Morgan fingerprint density at radius 2 is 2.09 bits per heavy atom. The number of hydrogen-bond acceptors (Lipinski definition) is 4. The first-order valence-corrected chi connectivity index (χ1v) is 3.06. The fourth-order valence-electron chi connectivity index (χ4n) is 0.484. The van der Waals surface area contributed by atoms with Crippen LogP contribution in [0.5, 0.6) is 0 Å². The van der Waals surface area contributed by atoms with Gasteiger partial charge in [-0.1, -0.05) is 6.58 Å². The molecule has 0 aliphatic heterocycles. The van der Waals surface area contributed by atoms with Gasteiger partial charge >= 0.3 is 5.97 Å². The molecule has 0 radical (unpaired) electrons. The average molecular weight is 160 g/mol. The second kappa shape index (κ2) is 3.50. The Morgan fingerprint density at radius 1 is 1.64 bits per heavy atom. The van der Waals surface area contributed by atoms with Crippen molar-refractivity contribution in [2.24, 2.45) is 0 Å². The summed E-state index contributed by atoms with van der Waals surface area (Å²) in [6, 6.07) is 0. The van der Waals surface area contributed by atoms with Gasteiger partial charge in [0.25, 0.3) is 0 Å². The Kier molecular flexibility index (Phi) is 3.22. The predicted molar refractivity (Wildman–Crippen MR) is 38.9 cm³/mol. The van der Waals surface area contributed by atoms with Crippen molar-refractivity contribution < 1.29 is 19.7 Å². The Morgan fingerprint density at radius 3 is 2.18 bits per heavy atom. The standard InChI is InChI=1S/C7H12O4/c1-5(2)7(3,11-9)6(8)10-4/h9H,1H2,2-4H3. The maximum Gasteiger partial charge on any atom is 0.345 e. The van der Waals surface area contributed by atoms with Gasteiger partial charge in [0.15, 0.2) is 0 Å². The molecule has 64 valence electrons. The zero-order chi connectivity index (χ0) is 9.07. The van der Waals surface area contributed by atoms with Gasteiger partial charge in [0.05, 0.1) is 7.11 Å². The van der Waals surface area contributed by atoms with Crippen LogP contribution in [0.4, 0.5) is 0 Å². The lowest BCUT2D eigenvalue weighted by Crippen LogP contribution is -2.39. The van der Waals surface area contributed by atoms with Gasteiger partial charge in [0.1, 0.15) is 0 Å². The molecule has 0 bridgehead atoms. The average Bonchev–Trinajstić information content (AvgIpc) is 2.01. The van der Waals surface area contributed by atoms with E-state index in [0.29, 0.717) is 5.57 Å². The van der Waals surface area contributed by atoms with E-state index in [1.54, 1.807) is 6.92 Å². The molecule has 0 aromatic carbocycles. The van der Waals surface area contributed by atoms with E-state index < -0.39 is 11.6 Å². The molecule has 1 unspecified atom stereocenters. The van der Waals surface area contributed by atoms with Crippen molar-refractivity contribution in [3.63, 3.8) is 0 Å². The topological polar surface area (TPSA) is 55.8 Å². The van der Waals surface area contributed by atoms with Crippen molar-refractivity contribution in [2.45, 2.75) is 19.4 Å². The molecule has 0 amide bonds. The van der Waals surface area contributed by atoms with Crippen molar-refractivity contribution in [1.29, 1.82) is 0 Å². The van der Waals surface area contributed by atoms with Gasteiger partial charge in [0, 0.05) is 0 Å². The highest BCUT2D eigenvalue weighted by atomic mass is 17.1. The van der Waals surface area contributed by atoms with E-state index in [9.17, 15) is 4.79 Å². The minimum absolute atomic E-state index is 0.381. The minimum atomic E-state index is -1.45. The summed E-state index contributed by atoms with van der Waals surface area (Å²) < 4.78 is 4.38. The number of hydrogen-bond donors (Lipinski definition) is 1. The van der Waals surface area contributed by atoms with Crippen LogP contribution in [0.2, 0.25) is 0 Å². The van der Waals surface area contributed by atoms with Gasteiger partial charge in [-0.15, -0.1) is 0 Å². The minimum Gasteiger partial charge on any atom is -0.467 e. The highest BCUT2D eigenvalue weighted by molar-refractivity contribution is 5.82. The number of carbonyl (C=O) groups excluding carboxylic acids is 1. The van der Waals surface area contributed by atoms with Crippen LogP contribution in [0.3, 0.4) is 0 Å². The summed E-state index contributed by atoms with van der Waals surface area (Å²) in [7, 11) is 1.21. The molecule has 0 saturated carbocycles. The van der Waals surface area contributed by atoms with E-state index in [4.69, 9.17) is 5.26 Å². The Balaban J connectivity index is 4.59. The predicted octanol–water partition coefficient (Wildman–Crippen LogP) is 0.984. The lowest BCUT2D eigenvalue weighted by molar-refractivity contribution is -0.301. The fraction of sp³-hybridized carbons (Fsp3) is 0.571. The van der Waals surface area contributed by atoms with Crippen LogP contribution in [0.1, 0.15) is 13.8 Å². The molecule has 0 rings (SSSR count). The van der Waals surface area contributed by atoms with Gasteiger partial charge in [-0.2, -0.15) is 0 Å². The highest BCUT2D eigenvalue weighted by Crippen LogP contribution is 2.19. The van der Waals surface area contributed by atoms with Crippen LogP contribution >= 0.6 is 0 Å². The van der Waals surface area contributed by atoms with E-state index in [2.05, 4.69) is 16.2 Å². The number of esters is 1. The van der Waals surface area contributed by atoms with Crippen LogP contribution in [0.25, 0.3) is 0 Å². The fourth-order valence-corrected chi connectivity index (χ4v) is 0.484. The SMILES string of the molecule is C=C(C)C(C)(OO)C(=O)OC. The lowest BCUT2D eigenvalue weighted by Gasteiger charge is -2.22. The molecule has 4 nitrogen and oxygen atoms in total. The summed E-state index contributed by atoms with van der Waals surface area (Å²) in [5, 5.41) is 8.40. The summed E-state index contributed by atoms with van der Waals surface area (Å²) in [6.07, 6.45) is 0. The quantitative estimate of drug-likeness (QED) is 0.289. The summed E-state index contributed by atoms with van der Waals surface area (Å²) in [6.45, 7) is 6.42. The first-order valence-electron chi connectivity index (χ1n) is 3.06. The van der Waals surface area contributed by atoms with Gasteiger partial charge in [-0.3, -0.25) is 5.26 Å². The Hall–Kier alpha value is -0.870. The van der Waals surface area contributed by atoms with Gasteiger partial charge in [-0.05, 0) is 19.4 Å². The van der Waals surface area contributed by atoms with Crippen LogP contribution < -0.4 is 0 Å². The highest BCUT2D eigenvalue weighted by Gasteiger charge is 2.37. The number of rotatable bonds is 3. The van der Waals surface area contributed by atoms with E-state index in [0.717, 1.165) is 0 Å². The van der Waals surface area contributed by atoms with Crippen molar-refractivity contribution in [2.75, 3.05) is 7.11 Å². The van der Waals surface area contributed by atoms with E-state index in [1.165, 1.54) is 14.0 Å². The summed E-state index contributed by atoms with van der Waals surface area (Å²) in [4.78, 5) is 14.9. The first kappa shape index (κ1) is 10.1.